The quantitative estimate of drug-likeness (QED) is 0.861. The second-order valence-electron chi connectivity index (χ2n) is 5.00. The van der Waals surface area contributed by atoms with Crippen LogP contribution in [0.3, 0.4) is 0 Å². The standard InChI is InChI=1S/C16H19NO3/c18-15(19)10-7-13-5-8-14(9-6-13)16(20)17-11-3-1-2-4-12-17/h5-10H,1-4,11-12H2,(H,18,19)/b10-7+. The molecule has 1 amide bonds. The van der Waals surface area contributed by atoms with Crippen molar-refractivity contribution in [3.8, 4) is 0 Å². The maximum atomic E-state index is 12.3. The number of likely N-dealkylation sites (tertiary alicyclic amines) is 1. The van der Waals surface area contributed by atoms with Crippen molar-refractivity contribution >= 4 is 18.0 Å². The van der Waals surface area contributed by atoms with Crippen molar-refractivity contribution in [2.75, 3.05) is 13.1 Å². The van der Waals surface area contributed by atoms with Gasteiger partial charge in [-0.2, -0.15) is 0 Å². The van der Waals surface area contributed by atoms with Gasteiger partial charge in [0.25, 0.3) is 5.91 Å². The number of carbonyl (C=O) groups is 2. The van der Waals surface area contributed by atoms with Gasteiger partial charge in [-0.3, -0.25) is 4.79 Å². The van der Waals surface area contributed by atoms with E-state index in [1.54, 1.807) is 24.3 Å². The van der Waals surface area contributed by atoms with Crippen LogP contribution in [0.2, 0.25) is 0 Å². The van der Waals surface area contributed by atoms with Crippen LogP contribution in [0, 0.1) is 0 Å². The van der Waals surface area contributed by atoms with E-state index >= 15 is 0 Å². The number of benzene rings is 1. The molecule has 0 spiro atoms. The van der Waals surface area contributed by atoms with Crippen LogP contribution < -0.4 is 0 Å². The van der Waals surface area contributed by atoms with Gasteiger partial charge in [-0.05, 0) is 36.6 Å². The van der Waals surface area contributed by atoms with Crippen molar-refractivity contribution in [2.45, 2.75) is 25.7 Å². The average molecular weight is 273 g/mol. The molecule has 1 aliphatic heterocycles. The Morgan fingerprint density at radius 1 is 1.00 bits per heavy atom. The molecule has 1 saturated heterocycles. The van der Waals surface area contributed by atoms with E-state index in [0.29, 0.717) is 5.56 Å². The number of hydrogen-bond donors (Lipinski definition) is 1. The summed E-state index contributed by atoms with van der Waals surface area (Å²) in [6.45, 7) is 1.67. The first-order valence-electron chi connectivity index (χ1n) is 6.97. The molecule has 20 heavy (non-hydrogen) atoms. The van der Waals surface area contributed by atoms with E-state index in [0.717, 1.165) is 37.6 Å². The molecule has 0 unspecified atom stereocenters. The number of amides is 1. The molecule has 1 fully saturated rings. The number of rotatable bonds is 3. The lowest BCUT2D eigenvalue weighted by Gasteiger charge is -2.20. The third kappa shape index (κ3) is 3.95. The normalized spacial score (nSPS) is 16.1. The van der Waals surface area contributed by atoms with Gasteiger partial charge < -0.3 is 10.0 Å². The predicted octanol–water partition coefficient (Wildman–Crippen LogP) is 2.80. The number of nitrogens with zero attached hydrogens (tertiary/aromatic N) is 1. The molecule has 0 aromatic heterocycles. The van der Waals surface area contributed by atoms with Gasteiger partial charge in [-0.15, -0.1) is 0 Å². The molecule has 1 heterocycles. The Morgan fingerprint density at radius 2 is 1.60 bits per heavy atom. The van der Waals surface area contributed by atoms with Crippen LogP contribution >= 0.6 is 0 Å². The fourth-order valence-corrected chi connectivity index (χ4v) is 2.36. The Labute approximate surface area is 118 Å². The maximum Gasteiger partial charge on any atom is 0.328 e. The summed E-state index contributed by atoms with van der Waals surface area (Å²) in [7, 11) is 0. The van der Waals surface area contributed by atoms with E-state index in [-0.39, 0.29) is 5.91 Å². The summed E-state index contributed by atoms with van der Waals surface area (Å²) in [5.41, 5.74) is 1.44. The lowest BCUT2D eigenvalue weighted by Crippen LogP contribution is -2.31. The molecule has 0 radical (unpaired) electrons. The van der Waals surface area contributed by atoms with Gasteiger partial charge in [0.05, 0.1) is 0 Å². The average Bonchev–Trinajstić information content (AvgIpc) is 2.74. The van der Waals surface area contributed by atoms with Crippen molar-refractivity contribution in [3.63, 3.8) is 0 Å². The van der Waals surface area contributed by atoms with Gasteiger partial charge in [0, 0.05) is 24.7 Å². The lowest BCUT2D eigenvalue weighted by molar-refractivity contribution is -0.131. The smallest absolute Gasteiger partial charge is 0.328 e. The molecular formula is C16H19NO3. The summed E-state index contributed by atoms with van der Waals surface area (Å²) in [5.74, 6) is -0.907. The van der Waals surface area contributed by atoms with Crippen molar-refractivity contribution in [2.24, 2.45) is 0 Å². The first-order chi connectivity index (χ1) is 9.66. The molecule has 2 rings (SSSR count). The Bertz CT molecular complexity index is 497. The Kier molecular flexibility index (Phi) is 4.93. The zero-order valence-corrected chi connectivity index (χ0v) is 11.4. The third-order valence-electron chi connectivity index (χ3n) is 3.47. The minimum atomic E-state index is -0.977. The molecule has 0 bridgehead atoms. The van der Waals surface area contributed by atoms with Crippen LogP contribution in [0.1, 0.15) is 41.6 Å². The zero-order chi connectivity index (χ0) is 14.4. The van der Waals surface area contributed by atoms with E-state index in [1.165, 1.54) is 18.9 Å². The topological polar surface area (TPSA) is 57.6 Å². The van der Waals surface area contributed by atoms with Gasteiger partial charge in [0.15, 0.2) is 0 Å². The van der Waals surface area contributed by atoms with E-state index in [4.69, 9.17) is 5.11 Å². The highest BCUT2D eigenvalue weighted by atomic mass is 16.4. The van der Waals surface area contributed by atoms with Gasteiger partial charge in [0.1, 0.15) is 0 Å². The Hall–Kier alpha value is -2.10. The maximum absolute atomic E-state index is 12.3. The van der Waals surface area contributed by atoms with E-state index in [9.17, 15) is 9.59 Å². The fraction of sp³-hybridized carbons (Fsp3) is 0.375. The zero-order valence-electron chi connectivity index (χ0n) is 11.4. The summed E-state index contributed by atoms with van der Waals surface area (Å²) in [6, 6.07) is 7.05. The molecule has 1 N–H and O–H groups in total. The molecule has 1 aromatic rings. The first kappa shape index (κ1) is 14.3. The Balaban J connectivity index is 2.04. The SMILES string of the molecule is O=C(O)/C=C/c1ccc(C(=O)N2CCCCCC2)cc1. The largest absolute Gasteiger partial charge is 0.478 e. The summed E-state index contributed by atoms with van der Waals surface area (Å²) in [5, 5.41) is 8.57. The monoisotopic (exact) mass is 273 g/mol. The van der Waals surface area contributed by atoms with Gasteiger partial charge >= 0.3 is 5.97 Å². The highest BCUT2D eigenvalue weighted by Gasteiger charge is 2.16. The highest BCUT2D eigenvalue weighted by molar-refractivity contribution is 5.94. The van der Waals surface area contributed by atoms with Crippen molar-refractivity contribution in [1.29, 1.82) is 0 Å². The summed E-state index contributed by atoms with van der Waals surface area (Å²) >= 11 is 0. The van der Waals surface area contributed by atoms with E-state index < -0.39 is 5.97 Å². The molecule has 1 aromatic carbocycles. The van der Waals surface area contributed by atoms with Crippen molar-refractivity contribution in [1.82, 2.24) is 4.90 Å². The molecular weight excluding hydrogens is 254 g/mol. The molecule has 0 aliphatic carbocycles. The van der Waals surface area contributed by atoms with Crippen LogP contribution in [-0.4, -0.2) is 35.0 Å². The summed E-state index contributed by atoms with van der Waals surface area (Å²) in [6.07, 6.45) is 7.15. The molecule has 4 nitrogen and oxygen atoms in total. The van der Waals surface area contributed by atoms with Crippen molar-refractivity contribution in [3.05, 3.63) is 41.5 Å². The summed E-state index contributed by atoms with van der Waals surface area (Å²) < 4.78 is 0. The summed E-state index contributed by atoms with van der Waals surface area (Å²) in [4.78, 5) is 24.7. The lowest BCUT2D eigenvalue weighted by atomic mass is 10.1. The third-order valence-corrected chi connectivity index (χ3v) is 3.47. The number of carboxylic acids is 1. The number of carboxylic acid groups (broad SMARTS) is 1. The Morgan fingerprint density at radius 3 is 2.15 bits per heavy atom. The second kappa shape index (κ2) is 6.89. The van der Waals surface area contributed by atoms with Gasteiger partial charge in [-0.1, -0.05) is 25.0 Å². The minimum absolute atomic E-state index is 0.0701. The van der Waals surface area contributed by atoms with E-state index in [1.807, 2.05) is 4.90 Å². The first-order valence-corrected chi connectivity index (χ1v) is 6.97. The number of carbonyl (C=O) groups excluding carboxylic acids is 1. The van der Waals surface area contributed by atoms with Crippen molar-refractivity contribution < 1.29 is 14.7 Å². The molecule has 4 heteroatoms. The molecule has 0 saturated carbocycles. The second-order valence-corrected chi connectivity index (χ2v) is 5.00. The van der Waals surface area contributed by atoms with E-state index in [2.05, 4.69) is 0 Å². The highest BCUT2D eigenvalue weighted by Crippen LogP contribution is 2.14. The van der Waals surface area contributed by atoms with Crippen LogP contribution in [-0.2, 0) is 4.79 Å². The number of aliphatic carboxylic acids is 1. The fourth-order valence-electron chi connectivity index (χ4n) is 2.36. The van der Waals surface area contributed by atoms with Crippen LogP contribution in [0.15, 0.2) is 30.3 Å². The number of hydrogen-bond acceptors (Lipinski definition) is 2. The molecule has 0 atom stereocenters. The van der Waals surface area contributed by atoms with Crippen LogP contribution in [0.25, 0.3) is 6.08 Å². The molecule has 106 valence electrons. The van der Waals surface area contributed by atoms with Crippen LogP contribution in [0.5, 0.6) is 0 Å². The minimum Gasteiger partial charge on any atom is -0.478 e. The van der Waals surface area contributed by atoms with Gasteiger partial charge in [-0.25, -0.2) is 4.79 Å². The van der Waals surface area contributed by atoms with Crippen LogP contribution in [0.4, 0.5) is 0 Å². The predicted molar refractivity (Wildman–Crippen MR) is 77.5 cm³/mol. The van der Waals surface area contributed by atoms with Gasteiger partial charge in [0.2, 0.25) is 0 Å². The molecule has 1 aliphatic rings.